The van der Waals surface area contributed by atoms with Crippen LogP contribution in [-0.2, 0) is 4.79 Å². The van der Waals surface area contributed by atoms with Crippen molar-refractivity contribution in [2.24, 2.45) is 0 Å². The van der Waals surface area contributed by atoms with Crippen molar-refractivity contribution in [2.75, 3.05) is 13.1 Å². The van der Waals surface area contributed by atoms with Crippen LogP contribution in [0.4, 0.5) is 0 Å². The first-order chi connectivity index (χ1) is 11.7. The summed E-state index contributed by atoms with van der Waals surface area (Å²) in [5, 5.41) is 3.74. The first-order valence-corrected chi connectivity index (χ1v) is 9.38. The highest BCUT2D eigenvalue weighted by Crippen LogP contribution is 2.32. The molecule has 0 N–H and O–H groups in total. The van der Waals surface area contributed by atoms with Crippen LogP contribution in [0.1, 0.15) is 25.0 Å². The summed E-state index contributed by atoms with van der Waals surface area (Å²) in [6, 6.07) is 7.71. The van der Waals surface area contributed by atoms with Gasteiger partial charge in [-0.25, -0.2) is 4.98 Å². The Kier molecular flexibility index (Phi) is 4.25. The van der Waals surface area contributed by atoms with E-state index in [2.05, 4.69) is 11.5 Å². The molecule has 1 saturated heterocycles. The number of allylic oxidation sites excluding steroid dienone is 3. The molecule has 2 aromatic rings. The maximum absolute atomic E-state index is 12.5. The van der Waals surface area contributed by atoms with Crippen LogP contribution in [0.25, 0.3) is 16.1 Å². The number of likely N-dealkylation sites (tertiary alicyclic amines) is 1. The van der Waals surface area contributed by atoms with Gasteiger partial charge in [0.15, 0.2) is 0 Å². The molecule has 1 aromatic carbocycles. The van der Waals surface area contributed by atoms with E-state index in [1.807, 2.05) is 35.2 Å². The maximum atomic E-state index is 12.5. The van der Waals surface area contributed by atoms with E-state index in [0.29, 0.717) is 6.42 Å². The van der Waals surface area contributed by atoms with Crippen molar-refractivity contribution in [3.8, 4) is 10.6 Å². The molecule has 122 valence electrons. The third-order valence-corrected chi connectivity index (χ3v) is 5.57. The van der Waals surface area contributed by atoms with Crippen molar-refractivity contribution in [3.05, 3.63) is 58.1 Å². The first kappa shape index (κ1) is 15.6. The molecule has 2 heterocycles. The molecule has 1 fully saturated rings. The molecule has 2 aliphatic rings. The number of nitrogens with zero attached hydrogens (tertiary/aromatic N) is 2. The fraction of sp³-hybridized carbons (Fsp3) is 0.263. The highest BCUT2D eigenvalue weighted by Gasteiger charge is 2.24. The third kappa shape index (κ3) is 3.04. The van der Waals surface area contributed by atoms with Crippen LogP contribution in [0.3, 0.4) is 0 Å². The SMILES string of the molecule is O=C(C1=CC(c2csc(-c3ccc(Cl)cc3)n2)=CC1)N1CCCC1. The molecule has 4 rings (SSSR count). The third-order valence-electron chi connectivity index (χ3n) is 4.43. The Morgan fingerprint density at radius 2 is 1.92 bits per heavy atom. The van der Waals surface area contributed by atoms with E-state index in [0.717, 1.165) is 58.4 Å². The van der Waals surface area contributed by atoms with Crippen LogP contribution in [0.15, 0.2) is 47.4 Å². The fourth-order valence-corrected chi connectivity index (χ4v) is 4.07. The molecule has 0 unspecified atom stereocenters. The van der Waals surface area contributed by atoms with Gasteiger partial charge in [-0.2, -0.15) is 0 Å². The van der Waals surface area contributed by atoms with E-state index in [-0.39, 0.29) is 5.91 Å². The van der Waals surface area contributed by atoms with Gasteiger partial charge in [0.25, 0.3) is 0 Å². The van der Waals surface area contributed by atoms with Crippen LogP contribution < -0.4 is 0 Å². The van der Waals surface area contributed by atoms with E-state index in [9.17, 15) is 4.79 Å². The van der Waals surface area contributed by atoms with E-state index in [1.54, 1.807) is 11.3 Å². The number of hydrogen-bond acceptors (Lipinski definition) is 3. The molecule has 0 atom stereocenters. The molecule has 0 radical (unpaired) electrons. The van der Waals surface area contributed by atoms with Gasteiger partial charge in [0.05, 0.1) is 5.69 Å². The van der Waals surface area contributed by atoms with Crippen molar-refractivity contribution >= 4 is 34.4 Å². The van der Waals surface area contributed by atoms with Crippen LogP contribution in [0, 0.1) is 0 Å². The van der Waals surface area contributed by atoms with Gasteiger partial charge in [-0.15, -0.1) is 11.3 Å². The lowest BCUT2D eigenvalue weighted by Gasteiger charge is -2.15. The highest BCUT2D eigenvalue weighted by atomic mass is 35.5. The van der Waals surface area contributed by atoms with Gasteiger partial charge < -0.3 is 4.90 Å². The predicted molar refractivity (Wildman–Crippen MR) is 99.1 cm³/mol. The normalized spacial score (nSPS) is 17.1. The quantitative estimate of drug-likeness (QED) is 0.791. The summed E-state index contributed by atoms with van der Waals surface area (Å²) in [6.07, 6.45) is 7.05. The second-order valence-corrected chi connectivity index (χ2v) is 7.37. The zero-order valence-electron chi connectivity index (χ0n) is 13.2. The molecule has 5 heteroatoms. The molecular formula is C19H17ClN2OS. The second kappa shape index (κ2) is 6.54. The molecule has 1 amide bonds. The minimum absolute atomic E-state index is 0.187. The average molecular weight is 357 g/mol. The zero-order valence-corrected chi connectivity index (χ0v) is 14.7. The number of hydrogen-bond donors (Lipinski definition) is 0. The van der Waals surface area contributed by atoms with Crippen LogP contribution in [-0.4, -0.2) is 28.9 Å². The Balaban J connectivity index is 1.52. The van der Waals surface area contributed by atoms with E-state index >= 15 is 0 Å². The van der Waals surface area contributed by atoms with Crippen molar-refractivity contribution in [3.63, 3.8) is 0 Å². The summed E-state index contributed by atoms with van der Waals surface area (Å²) in [5.74, 6) is 0.187. The summed E-state index contributed by atoms with van der Waals surface area (Å²) in [5.41, 5.74) is 3.93. The van der Waals surface area contributed by atoms with Gasteiger partial charge >= 0.3 is 0 Å². The molecule has 24 heavy (non-hydrogen) atoms. The van der Waals surface area contributed by atoms with Crippen LogP contribution in [0.5, 0.6) is 0 Å². The van der Waals surface area contributed by atoms with Crippen molar-refractivity contribution in [1.82, 2.24) is 9.88 Å². The fourth-order valence-electron chi connectivity index (χ4n) is 3.11. The minimum Gasteiger partial charge on any atom is -0.339 e. The smallest absolute Gasteiger partial charge is 0.250 e. The summed E-state index contributed by atoms with van der Waals surface area (Å²) in [6.45, 7) is 1.78. The molecule has 1 aliphatic heterocycles. The average Bonchev–Trinajstić information content (AvgIpc) is 3.34. The number of benzene rings is 1. The van der Waals surface area contributed by atoms with Crippen LogP contribution >= 0.6 is 22.9 Å². The Morgan fingerprint density at radius 1 is 1.17 bits per heavy atom. The van der Waals surface area contributed by atoms with E-state index in [4.69, 9.17) is 16.6 Å². The summed E-state index contributed by atoms with van der Waals surface area (Å²) >= 11 is 7.55. The lowest BCUT2D eigenvalue weighted by Crippen LogP contribution is -2.28. The van der Waals surface area contributed by atoms with Gasteiger partial charge in [0.1, 0.15) is 5.01 Å². The Bertz CT molecular complexity index is 829. The minimum atomic E-state index is 0.187. The first-order valence-electron chi connectivity index (χ1n) is 8.12. The van der Waals surface area contributed by atoms with Gasteiger partial charge in [-0.1, -0.05) is 29.8 Å². The molecule has 1 aliphatic carbocycles. The van der Waals surface area contributed by atoms with Crippen LogP contribution in [0.2, 0.25) is 5.02 Å². The number of carbonyl (C=O) groups excluding carboxylic acids is 1. The highest BCUT2D eigenvalue weighted by molar-refractivity contribution is 7.13. The zero-order chi connectivity index (χ0) is 16.5. The predicted octanol–water partition coefficient (Wildman–Crippen LogP) is 4.80. The molecule has 3 nitrogen and oxygen atoms in total. The van der Waals surface area contributed by atoms with Crippen molar-refractivity contribution in [1.29, 1.82) is 0 Å². The Labute approximate surface area is 150 Å². The lowest BCUT2D eigenvalue weighted by atomic mass is 10.2. The number of rotatable bonds is 3. The van der Waals surface area contributed by atoms with Gasteiger partial charge in [0, 0.05) is 34.6 Å². The number of amides is 1. The monoisotopic (exact) mass is 356 g/mol. The standard InChI is InChI=1S/C19H17ClN2OS/c20-16-7-5-13(6-8-16)18-21-17(12-24-18)14-3-4-15(11-14)19(23)22-9-1-2-10-22/h3,5-8,11-12H,1-2,4,9-10H2. The Morgan fingerprint density at radius 3 is 2.67 bits per heavy atom. The van der Waals surface area contributed by atoms with Gasteiger partial charge in [-0.05, 0) is 43.0 Å². The Hall–Kier alpha value is -1.91. The number of aromatic nitrogens is 1. The van der Waals surface area contributed by atoms with E-state index in [1.165, 1.54) is 0 Å². The lowest BCUT2D eigenvalue weighted by molar-refractivity contribution is -0.126. The molecular weight excluding hydrogens is 340 g/mol. The van der Waals surface area contributed by atoms with Gasteiger partial charge in [0.2, 0.25) is 5.91 Å². The molecule has 0 spiro atoms. The second-order valence-electron chi connectivity index (χ2n) is 6.08. The summed E-state index contributed by atoms with van der Waals surface area (Å²) in [7, 11) is 0. The van der Waals surface area contributed by atoms with Gasteiger partial charge in [-0.3, -0.25) is 4.79 Å². The largest absolute Gasteiger partial charge is 0.339 e. The van der Waals surface area contributed by atoms with E-state index < -0.39 is 0 Å². The summed E-state index contributed by atoms with van der Waals surface area (Å²) in [4.78, 5) is 19.2. The van der Waals surface area contributed by atoms with Crippen molar-refractivity contribution < 1.29 is 4.79 Å². The number of carbonyl (C=O) groups is 1. The maximum Gasteiger partial charge on any atom is 0.250 e. The number of halogens is 1. The summed E-state index contributed by atoms with van der Waals surface area (Å²) < 4.78 is 0. The molecule has 0 bridgehead atoms. The number of thiazole rings is 1. The van der Waals surface area contributed by atoms with Crippen molar-refractivity contribution in [2.45, 2.75) is 19.3 Å². The molecule has 1 aromatic heterocycles. The topological polar surface area (TPSA) is 33.2 Å². The molecule has 0 saturated carbocycles.